The van der Waals surface area contributed by atoms with Crippen LogP contribution in [-0.2, 0) is 14.6 Å². The summed E-state index contributed by atoms with van der Waals surface area (Å²) in [5.41, 5.74) is 1.05. The minimum Gasteiger partial charge on any atom is -0.351 e. The Morgan fingerprint density at radius 1 is 1.31 bits per heavy atom. The van der Waals surface area contributed by atoms with E-state index in [1.54, 1.807) is 11.3 Å². The zero-order chi connectivity index (χ0) is 18.1. The highest BCUT2D eigenvalue weighted by atomic mass is 32.2. The average Bonchev–Trinajstić information content (AvgIpc) is 3.18. The van der Waals surface area contributed by atoms with E-state index in [2.05, 4.69) is 16.3 Å². The second kappa shape index (κ2) is 7.25. The van der Waals surface area contributed by atoms with Crippen molar-refractivity contribution < 1.29 is 13.2 Å². The third-order valence-corrected chi connectivity index (χ3v) is 8.10. The normalized spacial score (nSPS) is 26.2. The number of nitrogens with zero attached hydrogens (tertiary/aromatic N) is 2. The zero-order valence-electron chi connectivity index (χ0n) is 14.6. The number of para-hydroxylation sites is 1. The Labute approximate surface area is 157 Å². The van der Waals surface area contributed by atoms with Gasteiger partial charge in [-0.25, -0.2) is 13.4 Å². The molecule has 2 aromatic rings. The molecule has 1 N–H and O–H groups in total. The SMILES string of the molecule is O=C(CN1CCC[C@@H](c2nc3ccccc3s2)C1)N[C@@H]1CCS(=O)(=O)C1. The van der Waals surface area contributed by atoms with Crippen LogP contribution in [0.4, 0.5) is 0 Å². The maximum Gasteiger partial charge on any atom is 0.234 e. The van der Waals surface area contributed by atoms with Gasteiger partial charge in [-0.2, -0.15) is 0 Å². The van der Waals surface area contributed by atoms with Crippen molar-refractivity contribution in [2.24, 2.45) is 0 Å². The first kappa shape index (κ1) is 17.9. The van der Waals surface area contributed by atoms with Gasteiger partial charge in [0.15, 0.2) is 9.84 Å². The largest absolute Gasteiger partial charge is 0.351 e. The van der Waals surface area contributed by atoms with Crippen LogP contribution in [0.25, 0.3) is 10.2 Å². The molecule has 2 aliphatic rings. The highest BCUT2D eigenvalue weighted by Gasteiger charge is 2.30. The molecule has 2 atom stereocenters. The van der Waals surface area contributed by atoms with Crippen molar-refractivity contribution >= 4 is 37.3 Å². The van der Waals surface area contributed by atoms with Crippen molar-refractivity contribution in [3.8, 4) is 0 Å². The number of thiazole rings is 1. The molecule has 1 aromatic carbocycles. The van der Waals surface area contributed by atoms with E-state index in [1.807, 2.05) is 18.2 Å². The van der Waals surface area contributed by atoms with Crippen LogP contribution in [0.5, 0.6) is 0 Å². The summed E-state index contributed by atoms with van der Waals surface area (Å²) in [5, 5.41) is 4.04. The second-order valence-corrected chi connectivity index (χ2v) is 10.6. The lowest BCUT2D eigenvalue weighted by atomic mass is 9.99. The van der Waals surface area contributed by atoms with Crippen molar-refractivity contribution in [2.45, 2.75) is 31.2 Å². The Bertz CT molecular complexity index is 876. The molecule has 3 heterocycles. The fraction of sp³-hybridized carbons (Fsp3) is 0.556. The summed E-state index contributed by atoms with van der Waals surface area (Å²) in [5.74, 6) is 0.548. The van der Waals surface area contributed by atoms with Gasteiger partial charge in [-0.15, -0.1) is 11.3 Å². The molecule has 0 bridgehead atoms. The third kappa shape index (κ3) is 4.07. The third-order valence-electron chi connectivity index (χ3n) is 5.13. The van der Waals surface area contributed by atoms with E-state index < -0.39 is 9.84 Å². The first-order valence-corrected chi connectivity index (χ1v) is 11.7. The number of aromatic nitrogens is 1. The summed E-state index contributed by atoms with van der Waals surface area (Å²) >= 11 is 1.75. The van der Waals surface area contributed by atoms with Crippen molar-refractivity contribution in [3.05, 3.63) is 29.3 Å². The second-order valence-electron chi connectivity index (χ2n) is 7.26. The fourth-order valence-electron chi connectivity index (χ4n) is 3.85. The first-order valence-electron chi connectivity index (χ1n) is 9.06. The van der Waals surface area contributed by atoms with Gasteiger partial charge < -0.3 is 5.32 Å². The Balaban J connectivity index is 1.35. The van der Waals surface area contributed by atoms with Crippen LogP contribution in [0.2, 0.25) is 0 Å². The molecule has 2 fully saturated rings. The van der Waals surface area contributed by atoms with E-state index in [9.17, 15) is 13.2 Å². The van der Waals surface area contributed by atoms with Crippen LogP contribution in [0.3, 0.4) is 0 Å². The van der Waals surface area contributed by atoms with Crippen molar-refractivity contribution in [1.29, 1.82) is 0 Å². The van der Waals surface area contributed by atoms with Gasteiger partial charge >= 0.3 is 0 Å². The van der Waals surface area contributed by atoms with Gasteiger partial charge in [0.1, 0.15) is 0 Å². The first-order chi connectivity index (χ1) is 12.5. The topological polar surface area (TPSA) is 79.4 Å². The van der Waals surface area contributed by atoms with Gasteiger partial charge in [0, 0.05) is 18.5 Å². The summed E-state index contributed by atoms with van der Waals surface area (Å²) in [6, 6.07) is 7.95. The van der Waals surface area contributed by atoms with Crippen molar-refractivity contribution in [2.75, 3.05) is 31.1 Å². The minimum absolute atomic E-state index is 0.0722. The number of benzene rings is 1. The summed E-state index contributed by atoms with van der Waals surface area (Å²) < 4.78 is 24.2. The molecule has 1 aromatic heterocycles. The molecule has 26 heavy (non-hydrogen) atoms. The summed E-state index contributed by atoms with van der Waals surface area (Å²) in [6.07, 6.45) is 2.67. The quantitative estimate of drug-likeness (QED) is 0.857. The minimum atomic E-state index is -2.97. The monoisotopic (exact) mass is 393 g/mol. The zero-order valence-corrected chi connectivity index (χ0v) is 16.2. The molecule has 2 aliphatic heterocycles. The molecule has 140 valence electrons. The van der Waals surface area contributed by atoms with Crippen LogP contribution in [-0.4, -0.2) is 61.4 Å². The van der Waals surface area contributed by atoms with Gasteiger partial charge in [0.25, 0.3) is 0 Å². The Morgan fingerprint density at radius 2 is 2.15 bits per heavy atom. The summed E-state index contributed by atoms with van der Waals surface area (Å²) in [4.78, 5) is 19.2. The van der Waals surface area contributed by atoms with Gasteiger partial charge in [-0.1, -0.05) is 12.1 Å². The van der Waals surface area contributed by atoms with Gasteiger partial charge in [-0.3, -0.25) is 9.69 Å². The van der Waals surface area contributed by atoms with Crippen LogP contribution in [0, 0.1) is 0 Å². The molecule has 6 nitrogen and oxygen atoms in total. The Morgan fingerprint density at radius 3 is 2.92 bits per heavy atom. The molecule has 0 unspecified atom stereocenters. The van der Waals surface area contributed by atoms with Gasteiger partial charge in [0.05, 0.1) is 33.3 Å². The molecule has 2 saturated heterocycles. The number of nitrogens with one attached hydrogen (secondary N) is 1. The number of sulfone groups is 1. The number of carbonyl (C=O) groups is 1. The van der Waals surface area contributed by atoms with Crippen molar-refractivity contribution in [1.82, 2.24) is 15.2 Å². The lowest BCUT2D eigenvalue weighted by Gasteiger charge is -2.31. The Hall–Kier alpha value is -1.51. The van der Waals surface area contributed by atoms with Gasteiger partial charge in [0.2, 0.25) is 5.91 Å². The molecule has 8 heteroatoms. The molecule has 0 radical (unpaired) electrons. The molecule has 4 rings (SSSR count). The van der Waals surface area contributed by atoms with E-state index in [-0.39, 0.29) is 23.5 Å². The molecular formula is C18H23N3O3S2. The van der Waals surface area contributed by atoms with E-state index in [1.165, 1.54) is 4.70 Å². The maximum absolute atomic E-state index is 12.3. The maximum atomic E-state index is 12.3. The average molecular weight is 394 g/mol. The molecular weight excluding hydrogens is 370 g/mol. The number of amides is 1. The lowest BCUT2D eigenvalue weighted by Crippen LogP contribution is -2.45. The lowest BCUT2D eigenvalue weighted by molar-refractivity contribution is -0.123. The fourth-order valence-corrected chi connectivity index (χ4v) is 6.62. The number of carbonyl (C=O) groups excluding carboxylic acids is 1. The summed E-state index contributed by atoms with van der Waals surface area (Å²) in [7, 11) is -2.97. The van der Waals surface area contributed by atoms with Crippen LogP contribution >= 0.6 is 11.3 Å². The number of fused-ring (bicyclic) bond motifs is 1. The number of likely N-dealkylation sites (tertiary alicyclic amines) is 1. The van der Waals surface area contributed by atoms with Crippen LogP contribution < -0.4 is 5.32 Å². The summed E-state index contributed by atoms with van der Waals surface area (Å²) in [6.45, 7) is 2.06. The molecule has 0 aliphatic carbocycles. The van der Waals surface area contributed by atoms with Crippen LogP contribution in [0.1, 0.15) is 30.2 Å². The molecule has 0 spiro atoms. The number of piperidine rings is 1. The molecule has 0 saturated carbocycles. The van der Waals surface area contributed by atoms with Crippen molar-refractivity contribution in [3.63, 3.8) is 0 Å². The number of hydrogen-bond acceptors (Lipinski definition) is 6. The predicted octanol–water partition coefficient (Wildman–Crippen LogP) is 1.78. The van der Waals surface area contributed by atoms with Gasteiger partial charge in [-0.05, 0) is 37.9 Å². The standard InChI is InChI=1S/C18H23N3O3S2/c22-17(19-14-7-9-26(23,24)12-14)11-21-8-3-4-13(10-21)18-20-15-5-1-2-6-16(15)25-18/h1-2,5-6,13-14H,3-4,7-12H2,(H,19,22)/t13-,14-/m1/s1. The highest BCUT2D eigenvalue weighted by Crippen LogP contribution is 2.32. The van der Waals surface area contributed by atoms with Crippen LogP contribution in [0.15, 0.2) is 24.3 Å². The Kier molecular flexibility index (Phi) is 4.98. The van der Waals surface area contributed by atoms with E-state index in [4.69, 9.17) is 4.98 Å². The van der Waals surface area contributed by atoms with E-state index >= 15 is 0 Å². The number of hydrogen-bond donors (Lipinski definition) is 1. The van der Waals surface area contributed by atoms with E-state index in [0.29, 0.717) is 18.9 Å². The number of rotatable bonds is 4. The predicted molar refractivity (Wildman–Crippen MR) is 103 cm³/mol. The molecule has 1 amide bonds. The smallest absolute Gasteiger partial charge is 0.234 e. The highest BCUT2D eigenvalue weighted by molar-refractivity contribution is 7.91. The van der Waals surface area contributed by atoms with E-state index in [0.717, 1.165) is 36.5 Å².